The van der Waals surface area contributed by atoms with Gasteiger partial charge >= 0.3 is 6.03 Å². The number of hydrogen-bond acceptors (Lipinski definition) is 4. The number of nitrogens with one attached hydrogen (secondary N) is 1. The molecule has 1 N–H and O–H groups in total. The molecule has 1 saturated heterocycles. The van der Waals surface area contributed by atoms with Crippen LogP contribution in [0.2, 0.25) is 5.02 Å². The van der Waals surface area contributed by atoms with E-state index < -0.39 is 17.8 Å². The Hall–Kier alpha value is -3.56. The van der Waals surface area contributed by atoms with Gasteiger partial charge in [0.1, 0.15) is 17.9 Å². The maximum absolute atomic E-state index is 12.9. The number of amides is 4. The van der Waals surface area contributed by atoms with Gasteiger partial charge in [-0.15, -0.1) is 6.42 Å². The van der Waals surface area contributed by atoms with Gasteiger partial charge in [-0.2, -0.15) is 0 Å². The summed E-state index contributed by atoms with van der Waals surface area (Å²) in [6, 6.07) is 10.7. The minimum Gasteiger partial charge on any atom is -0.480 e. The molecule has 140 valence electrons. The van der Waals surface area contributed by atoms with Crippen molar-refractivity contribution in [2.45, 2.75) is 6.92 Å². The Labute approximate surface area is 166 Å². The van der Waals surface area contributed by atoms with Crippen LogP contribution in [0.3, 0.4) is 0 Å². The molecule has 4 amide bonds. The third kappa shape index (κ3) is 3.90. The number of nitrogens with zero attached hydrogens (tertiary/aromatic N) is 1. The normalized spacial score (nSPS) is 15.4. The lowest BCUT2D eigenvalue weighted by molar-refractivity contribution is -0.122. The zero-order valence-corrected chi connectivity index (χ0v) is 15.6. The fourth-order valence-corrected chi connectivity index (χ4v) is 2.88. The summed E-state index contributed by atoms with van der Waals surface area (Å²) in [5, 5.41) is 2.56. The van der Waals surface area contributed by atoms with Crippen molar-refractivity contribution >= 4 is 41.2 Å². The first kappa shape index (κ1) is 19.2. The number of urea groups is 1. The van der Waals surface area contributed by atoms with E-state index in [1.54, 1.807) is 30.3 Å². The van der Waals surface area contributed by atoms with Crippen LogP contribution in [0.1, 0.15) is 11.1 Å². The topological polar surface area (TPSA) is 75.7 Å². The second-order valence-electron chi connectivity index (χ2n) is 5.97. The molecule has 0 aromatic heterocycles. The third-order valence-corrected chi connectivity index (χ3v) is 4.18. The van der Waals surface area contributed by atoms with Crippen molar-refractivity contribution in [2.24, 2.45) is 0 Å². The molecule has 0 aliphatic carbocycles. The van der Waals surface area contributed by atoms with Crippen molar-refractivity contribution < 1.29 is 19.1 Å². The van der Waals surface area contributed by atoms with Crippen LogP contribution in [0.5, 0.6) is 5.75 Å². The Morgan fingerprint density at radius 1 is 1.21 bits per heavy atom. The smallest absolute Gasteiger partial charge is 0.335 e. The van der Waals surface area contributed by atoms with E-state index >= 15 is 0 Å². The number of terminal acetylenes is 1. The number of aryl methyl sites for hydroxylation is 1. The van der Waals surface area contributed by atoms with Crippen LogP contribution >= 0.6 is 11.6 Å². The number of carbonyl (C=O) groups excluding carboxylic acids is 3. The molecule has 0 spiro atoms. The van der Waals surface area contributed by atoms with Gasteiger partial charge in [0.15, 0.2) is 0 Å². The first-order valence-electron chi connectivity index (χ1n) is 8.24. The highest BCUT2D eigenvalue weighted by Crippen LogP contribution is 2.28. The minimum absolute atomic E-state index is 0.00581. The summed E-state index contributed by atoms with van der Waals surface area (Å²) >= 11 is 6.03. The first-order valence-corrected chi connectivity index (χ1v) is 8.62. The highest BCUT2D eigenvalue weighted by Gasteiger charge is 2.37. The van der Waals surface area contributed by atoms with Crippen LogP contribution in [-0.4, -0.2) is 24.5 Å². The summed E-state index contributed by atoms with van der Waals surface area (Å²) in [6.07, 6.45) is 6.54. The van der Waals surface area contributed by atoms with Crippen LogP contribution in [0.4, 0.5) is 10.5 Å². The number of imide groups is 2. The Morgan fingerprint density at radius 2 is 2.00 bits per heavy atom. The molecule has 0 radical (unpaired) electrons. The number of carbonyl (C=O) groups is 3. The van der Waals surface area contributed by atoms with Crippen molar-refractivity contribution in [2.75, 3.05) is 11.5 Å². The monoisotopic (exact) mass is 394 g/mol. The second-order valence-corrected chi connectivity index (χ2v) is 6.41. The summed E-state index contributed by atoms with van der Waals surface area (Å²) in [6.45, 7) is 1.84. The predicted octanol–water partition coefficient (Wildman–Crippen LogP) is 3.33. The molecule has 3 rings (SSSR count). The van der Waals surface area contributed by atoms with E-state index in [2.05, 4.69) is 11.2 Å². The Morgan fingerprint density at radius 3 is 2.71 bits per heavy atom. The van der Waals surface area contributed by atoms with E-state index in [9.17, 15) is 14.4 Å². The van der Waals surface area contributed by atoms with Gasteiger partial charge in [-0.3, -0.25) is 14.9 Å². The third-order valence-electron chi connectivity index (χ3n) is 3.94. The average molecular weight is 395 g/mol. The van der Waals surface area contributed by atoms with Gasteiger partial charge in [0.25, 0.3) is 11.8 Å². The van der Waals surface area contributed by atoms with E-state index in [1.807, 2.05) is 13.0 Å². The lowest BCUT2D eigenvalue weighted by Crippen LogP contribution is -2.54. The molecular weight excluding hydrogens is 380 g/mol. The van der Waals surface area contributed by atoms with Gasteiger partial charge in [-0.1, -0.05) is 29.7 Å². The number of rotatable bonds is 4. The van der Waals surface area contributed by atoms with Crippen molar-refractivity contribution in [3.8, 4) is 18.1 Å². The summed E-state index contributed by atoms with van der Waals surface area (Å²) in [5.74, 6) is 1.15. The van der Waals surface area contributed by atoms with Crippen LogP contribution in [0, 0.1) is 19.3 Å². The molecule has 6 nitrogen and oxygen atoms in total. The highest BCUT2D eigenvalue weighted by atomic mass is 35.5. The maximum Gasteiger partial charge on any atom is 0.335 e. The van der Waals surface area contributed by atoms with Crippen molar-refractivity contribution in [3.05, 3.63) is 64.2 Å². The van der Waals surface area contributed by atoms with Crippen LogP contribution in [-0.2, 0) is 9.59 Å². The Bertz CT molecular complexity index is 1050. The molecule has 0 saturated carbocycles. The van der Waals surface area contributed by atoms with Crippen molar-refractivity contribution in [3.63, 3.8) is 0 Å². The SMILES string of the molecule is C#CCOc1ccc(Cl)cc1/C=C1\C(=O)NC(=O)N(c2cccc(C)c2)C1=O. The minimum atomic E-state index is -0.812. The molecule has 1 heterocycles. The van der Waals surface area contributed by atoms with Gasteiger partial charge in [-0.05, 0) is 48.9 Å². The molecule has 1 aliphatic rings. The number of barbiturate groups is 1. The van der Waals surface area contributed by atoms with Gasteiger partial charge < -0.3 is 4.74 Å². The molecule has 0 atom stereocenters. The standard InChI is InChI=1S/C21H15ClN2O4/c1-3-9-28-18-8-7-15(22)11-14(18)12-17-19(25)23-21(27)24(20(17)26)16-6-4-5-13(2)10-16/h1,4-8,10-12H,9H2,2H3,(H,23,25,27)/b17-12+. The van der Waals surface area contributed by atoms with E-state index in [0.717, 1.165) is 10.5 Å². The number of halogens is 1. The Balaban J connectivity index is 2.05. The highest BCUT2D eigenvalue weighted by molar-refractivity contribution is 6.39. The van der Waals surface area contributed by atoms with Gasteiger partial charge in [0, 0.05) is 10.6 Å². The van der Waals surface area contributed by atoms with Gasteiger partial charge in [0.2, 0.25) is 0 Å². The van der Waals surface area contributed by atoms with Gasteiger partial charge in [0.05, 0.1) is 5.69 Å². The molecule has 7 heteroatoms. The predicted molar refractivity (Wildman–Crippen MR) is 106 cm³/mol. The molecule has 0 bridgehead atoms. The van der Waals surface area contributed by atoms with Crippen molar-refractivity contribution in [1.82, 2.24) is 5.32 Å². The zero-order valence-electron chi connectivity index (χ0n) is 14.9. The molecule has 2 aromatic carbocycles. The molecular formula is C21H15ClN2O4. The van der Waals surface area contributed by atoms with E-state index in [-0.39, 0.29) is 12.2 Å². The van der Waals surface area contributed by atoms with E-state index in [4.69, 9.17) is 22.8 Å². The molecule has 28 heavy (non-hydrogen) atoms. The number of anilines is 1. The number of hydrogen-bond donors (Lipinski definition) is 1. The Kier molecular flexibility index (Phi) is 5.48. The molecule has 1 fully saturated rings. The van der Waals surface area contributed by atoms with Crippen LogP contribution < -0.4 is 15.0 Å². The first-order chi connectivity index (χ1) is 13.4. The van der Waals surface area contributed by atoms with Crippen LogP contribution in [0.25, 0.3) is 6.08 Å². The van der Waals surface area contributed by atoms with Crippen molar-refractivity contribution in [1.29, 1.82) is 0 Å². The number of ether oxygens (including phenoxy) is 1. The summed E-state index contributed by atoms with van der Waals surface area (Å²) in [4.78, 5) is 38.4. The maximum atomic E-state index is 12.9. The van der Waals surface area contributed by atoms with Gasteiger partial charge in [-0.25, -0.2) is 9.69 Å². The summed E-state index contributed by atoms with van der Waals surface area (Å²) < 4.78 is 5.44. The van der Waals surface area contributed by atoms with E-state index in [0.29, 0.717) is 22.0 Å². The van der Waals surface area contributed by atoms with E-state index in [1.165, 1.54) is 12.1 Å². The lowest BCUT2D eigenvalue weighted by Gasteiger charge is -2.26. The second kappa shape index (κ2) is 7.99. The average Bonchev–Trinajstić information content (AvgIpc) is 2.64. The molecule has 2 aromatic rings. The lowest BCUT2D eigenvalue weighted by atomic mass is 10.1. The largest absolute Gasteiger partial charge is 0.480 e. The molecule has 0 unspecified atom stereocenters. The summed E-state index contributed by atoms with van der Waals surface area (Å²) in [7, 11) is 0. The fourth-order valence-electron chi connectivity index (χ4n) is 2.70. The fraction of sp³-hybridized carbons (Fsp3) is 0.0952. The number of benzene rings is 2. The molecule has 1 aliphatic heterocycles. The quantitative estimate of drug-likeness (QED) is 0.490. The summed E-state index contributed by atoms with van der Waals surface area (Å²) in [5.41, 5.74) is 1.38. The van der Waals surface area contributed by atoms with Crippen LogP contribution in [0.15, 0.2) is 48.0 Å². The zero-order chi connectivity index (χ0) is 20.3.